The van der Waals surface area contributed by atoms with Crippen molar-refractivity contribution in [3.05, 3.63) is 66.0 Å². The van der Waals surface area contributed by atoms with Gasteiger partial charge in [0.15, 0.2) is 0 Å². The number of imidazole rings is 1. The molecule has 3 N–H and O–H groups in total. The fourth-order valence-electron chi connectivity index (χ4n) is 3.84. The van der Waals surface area contributed by atoms with E-state index in [4.69, 9.17) is 0 Å². The fraction of sp³-hybridized carbons (Fsp3) is 0.304. The van der Waals surface area contributed by atoms with Crippen molar-refractivity contribution in [3.63, 3.8) is 0 Å². The van der Waals surface area contributed by atoms with Crippen molar-refractivity contribution in [2.45, 2.75) is 32.4 Å². The molecule has 0 bridgehead atoms. The predicted molar refractivity (Wildman–Crippen MR) is 116 cm³/mol. The van der Waals surface area contributed by atoms with E-state index >= 15 is 0 Å². The van der Waals surface area contributed by atoms with E-state index in [1.165, 1.54) is 0 Å². The molecule has 1 aromatic heterocycles. The number of rotatable bonds is 6. The van der Waals surface area contributed by atoms with E-state index in [1.54, 1.807) is 31.2 Å². The summed E-state index contributed by atoms with van der Waals surface area (Å²) in [6, 6.07) is 15.6. The van der Waals surface area contributed by atoms with Gasteiger partial charge in [0.1, 0.15) is 17.9 Å². The molecule has 2 aromatic carbocycles. The SMILES string of the molecule is CC(C)[C@H](NC(=O)CN1C(=O)N[C@](C)(c2ccccc2)C1=O)c1nc2ccccc2[nH]1. The number of aromatic amines is 1. The predicted octanol–water partition coefficient (Wildman–Crippen LogP) is 2.84. The molecule has 160 valence electrons. The van der Waals surface area contributed by atoms with Gasteiger partial charge in [-0.05, 0) is 30.5 Å². The van der Waals surface area contributed by atoms with Gasteiger partial charge in [-0.1, -0.05) is 56.3 Å². The van der Waals surface area contributed by atoms with Crippen molar-refractivity contribution in [3.8, 4) is 0 Å². The molecule has 1 saturated heterocycles. The Hall–Kier alpha value is -3.68. The van der Waals surface area contributed by atoms with Crippen LogP contribution in [0.1, 0.15) is 38.2 Å². The monoisotopic (exact) mass is 419 g/mol. The Labute approximate surface area is 180 Å². The number of benzene rings is 2. The molecule has 1 fully saturated rings. The van der Waals surface area contributed by atoms with Gasteiger partial charge in [0, 0.05) is 0 Å². The summed E-state index contributed by atoms with van der Waals surface area (Å²) in [6.45, 7) is 5.22. The van der Waals surface area contributed by atoms with Gasteiger partial charge in [-0.3, -0.25) is 14.5 Å². The Morgan fingerprint density at radius 2 is 1.77 bits per heavy atom. The van der Waals surface area contributed by atoms with Crippen LogP contribution in [-0.4, -0.2) is 39.3 Å². The maximum atomic E-state index is 13.0. The highest BCUT2D eigenvalue weighted by Gasteiger charge is 2.49. The second-order valence-electron chi connectivity index (χ2n) is 8.24. The van der Waals surface area contributed by atoms with Gasteiger partial charge in [0.05, 0.1) is 17.1 Å². The molecule has 1 aliphatic rings. The van der Waals surface area contributed by atoms with Gasteiger partial charge in [0.25, 0.3) is 5.91 Å². The summed E-state index contributed by atoms with van der Waals surface area (Å²) >= 11 is 0. The van der Waals surface area contributed by atoms with E-state index in [0.29, 0.717) is 11.4 Å². The number of fused-ring (bicyclic) bond motifs is 1. The molecule has 2 atom stereocenters. The lowest BCUT2D eigenvalue weighted by atomic mass is 9.92. The number of urea groups is 1. The van der Waals surface area contributed by atoms with Crippen LogP contribution in [0.5, 0.6) is 0 Å². The van der Waals surface area contributed by atoms with Gasteiger partial charge in [-0.25, -0.2) is 9.78 Å². The first-order valence-corrected chi connectivity index (χ1v) is 10.2. The zero-order chi connectivity index (χ0) is 22.2. The van der Waals surface area contributed by atoms with Gasteiger partial charge >= 0.3 is 6.03 Å². The molecule has 8 heteroatoms. The molecule has 0 spiro atoms. The first-order valence-electron chi connectivity index (χ1n) is 10.2. The maximum Gasteiger partial charge on any atom is 0.325 e. The summed E-state index contributed by atoms with van der Waals surface area (Å²) in [5, 5.41) is 5.64. The molecule has 3 aromatic rings. The van der Waals surface area contributed by atoms with Crippen molar-refractivity contribution in [2.24, 2.45) is 5.92 Å². The number of hydrogen-bond donors (Lipinski definition) is 3. The van der Waals surface area contributed by atoms with E-state index in [2.05, 4.69) is 20.6 Å². The molecule has 0 saturated carbocycles. The van der Waals surface area contributed by atoms with Gasteiger partial charge in [0.2, 0.25) is 5.91 Å². The Kier molecular flexibility index (Phi) is 5.22. The summed E-state index contributed by atoms with van der Waals surface area (Å²) in [4.78, 5) is 47.1. The van der Waals surface area contributed by atoms with Crippen molar-refractivity contribution in [1.29, 1.82) is 0 Å². The third-order valence-electron chi connectivity index (χ3n) is 5.61. The second kappa shape index (κ2) is 7.86. The molecule has 1 aliphatic heterocycles. The zero-order valence-corrected chi connectivity index (χ0v) is 17.7. The minimum absolute atomic E-state index is 0.0437. The Morgan fingerprint density at radius 3 is 2.45 bits per heavy atom. The minimum atomic E-state index is -1.20. The highest BCUT2D eigenvalue weighted by atomic mass is 16.2. The molecular weight excluding hydrogens is 394 g/mol. The fourth-order valence-corrected chi connectivity index (χ4v) is 3.84. The van der Waals surface area contributed by atoms with E-state index < -0.39 is 23.4 Å². The van der Waals surface area contributed by atoms with E-state index in [9.17, 15) is 14.4 Å². The third-order valence-corrected chi connectivity index (χ3v) is 5.61. The van der Waals surface area contributed by atoms with E-state index in [0.717, 1.165) is 15.9 Å². The number of carbonyl (C=O) groups is 3. The number of nitrogens with zero attached hydrogens (tertiary/aromatic N) is 2. The molecule has 0 radical (unpaired) electrons. The highest BCUT2D eigenvalue weighted by molar-refractivity contribution is 6.09. The smallest absolute Gasteiger partial charge is 0.325 e. The first-order chi connectivity index (χ1) is 14.8. The minimum Gasteiger partial charge on any atom is -0.344 e. The number of para-hydroxylation sites is 2. The van der Waals surface area contributed by atoms with Crippen molar-refractivity contribution >= 4 is 28.9 Å². The maximum absolute atomic E-state index is 13.0. The van der Waals surface area contributed by atoms with Crippen LogP contribution in [0.15, 0.2) is 54.6 Å². The highest BCUT2D eigenvalue weighted by Crippen LogP contribution is 2.28. The lowest BCUT2D eigenvalue weighted by molar-refractivity contribution is -0.135. The molecule has 31 heavy (non-hydrogen) atoms. The normalized spacial score (nSPS) is 19.7. The van der Waals surface area contributed by atoms with Crippen molar-refractivity contribution in [1.82, 2.24) is 25.5 Å². The zero-order valence-electron chi connectivity index (χ0n) is 17.7. The van der Waals surface area contributed by atoms with Gasteiger partial charge in [-0.2, -0.15) is 0 Å². The van der Waals surface area contributed by atoms with E-state index in [1.807, 2.05) is 44.2 Å². The van der Waals surface area contributed by atoms with Crippen molar-refractivity contribution in [2.75, 3.05) is 6.54 Å². The van der Waals surface area contributed by atoms with Crippen LogP contribution >= 0.6 is 0 Å². The Balaban J connectivity index is 1.50. The lowest BCUT2D eigenvalue weighted by Crippen LogP contribution is -2.44. The molecule has 0 unspecified atom stereocenters. The average Bonchev–Trinajstić information content (AvgIpc) is 3.27. The summed E-state index contributed by atoms with van der Waals surface area (Å²) in [6.07, 6.45) is 0. The van der Waals surface area contributed by atoms with E-state index in [-0.39, 0.29) is 18.5 Å². The number of carbonyl (C=O) groups excluding carboxylic acids is 3. The summed E-state index contributed by atoms with van der Waals surface area (Å²) < 4.78 is 0. The van der Waals surface area contributed by atoms with Crippen LogP contribution in [0.3, 0.4) is 0 Å². The molecule has 4 rings (SSSR count). The number of imide groups is 1. The molecule has 2 heterocycles. The largest absolute Gasteiger partial charge is 0.344 e. The van der Waals surface area contributed by atoms with Crippen LogP contribution in [-0.2, 0) is 15.1 Å². The molecule has 8 nitrogen and oxygen atoms in total. The third kappa shape index (κ3) is 3.76. The molecule has 0 aliphatic carbocycles. The topological polar surface area (TPSA) is 107 Å². The number of amides is 4. The van der Waals surface area contributed by atoms with Crippen molar-refractivity contribution < 1.29 is 14.4 Å². The van der Waals surface area contributed by atoms with Gasteiger partial charge < -0.3 is 15.6 Å². The number of H-pyrrole nitrogens is 1. The summed E-state index contributed by atoms with van der Waals surface area (Å²) in [7, 11) is 0. The lowest BCUT2D eigenvalue weighted by Gasteiger charge is -2.23. The first kappa shape index (κ1) is 20.6. The number of hydrogen-bond acceptors (Lipinski definition) is 4. The Bertz CT molecular complexity index is 1110. The number of aromatic nitrogens is 2. The van der Waals surface area contributed by atoms with Crippen LogP contribution in [0.2, 0.25) is 0 Å². The summed E-state index contributed by atoms with van der Waals surface area (Å²) in [5.41, 5.74) is 1.16. The van der Waals surface area contributed by atoms with Crippen LogP contribution in [0.25, 0.3) is 11.0 Å². The second-order valence-corrected chi connectivity index (χ2v) is 8.24. The molecular formula is C23H25N5O3. The van der Waals surface area contributed by atoms with Gasteiger partial charge in [-0.15, -0.1) is 0 Å². The quantitative estimate of drug-likeness (QED) is 0.534. The standard InChI is InChI=1S/C23H25N5O3/c1-14(2)19(20-24-16-11-7-8-12-17(16)25-20)26-18(29)13-28-21(30)23(3,27-22(28)31)15-9-5-4-6-10-15/h4-12,14,19H,13H2,1-3H3,(H,24,25)(H,26,29)(H,27,31)/t19-,23+/m0/s1. The van der Waals surface area contributed by atoms with Crippen LogP contribution < -0.4 is 10.6 Å². The summed E-state index contributed by atoms with van der Waals surface area (Å²) in [5.74, 6) is -0.207. The number of nitrogens with one attached hydrogen (secondary N) is 3. The van der Waals surface area contributed by atoms with Crippen LogP contribution in [0.4, 0.5) is 4.79 Å². The van der Waals surface area contributed by atoms with Crippen LogP contribution in [0, 0.1) is 5.92 Å². The Morgan fingerprint density at radius 1 is 1.10 bits per heavy atom. The average molecular weight is 419 g/mol. The molecule has 4 amide bonds.